The Labute approximate surface area is 145 Å². The van der Waals surface area contributed by atoms with Crippen molar-refractivity contribution in [2.45, 2.75) is 30.6 Å². The second kappa shape index (κ2) is 5.08. The van der Waals surface area contributed by atoms with Crippen LogP contribution in [-0.2, 0) is 14.3 Å². The first-order valence-corrected chi connectivity index (χ1v) is 8.74. The van der Waals surface area contributed by atoms with Crippen LogP contribution in [0.3, 0.4) is 0 Å². The monoisotopic (exact) mass is 340 g/mol. The van der Waals surface area contributed by atoms with Crippen LogP contribution in [0.1, 0.15) is 12.8 Å². The fourth-order valence-electron chi connectivity index (χ4n) is 4.30. The minimum Gasteiger partial charge on any atom is -0.497 e. The highest BCUT2D eigenvalue weighted by Crippen LogP contribution is 2.52. The van der Waals surface area contributed by atoms with E-state index >= 15 is 0 Å². The zero-order chi connectivity index (χ0) is 17.2. The SMILES string of the molecule is COc1ccc(N2C[C@@]34C=C[C@H](O3)[C@@H](C(=O)NC3CC3)[C@@H]4C2=O)cc1. The molecule has 5 rings (SSSR count). The highest BCUT2D eigenvalue weighted by atomic mass is 16.5. The number of ether oxygens (including phenoxy) is 2. The van der Waals surface area contributed by atoms with Crippen molar-refractivity contribution in [3.63, 3.8) is 0 Å². The van der Waals surface area contributed by atoms with Gasteiger partial charge in [0.1, 0.15) is 11.4 Å². The van der Waals surface area contributed by atoms with Gasteiger partial charge < -0.3 is 19.7 Å². The van der Waals surface area contributed by atoms with Gasteiger partial charge in [-0.1, -0.05) is 12.2 Å². The molecule has 0 aromatic heterocycles. The lowest BCUT2D eigenvalue weighted by molar-refractivity contribution is -0.132. The fourth-order valence-corrected chi connectivity index (χ4v) is 4.30. The Morgan fingerprint density at radius 1 is 1.32 bits per heavy atom. The third kappa shape index (κ3) is 2.13. The summed E-state index contributed by atoms with van der Waals surface area (Å²) in [5.74, 6) is -0.209. The molecule has 4 aliphatic rings. The largest absolute Gasteiger partial charge is 0.497 e. The maximum atomic E-state index is 13.1. The van der Waals surface area contributed by atoms with E-state index in [4.69, 9.17) is 9.47 Å². The molecule has 6 nitrogen and oxygen atoms in total. The first-order chi connectivity index (χ1) is 12.1. The molecule has 4 atom stereocenters. The van der Waals surface area contributed by atoms with Crippen LogP contribution in [0.15, 0.2) is 36.4 Å². The van der Waals surface area contributed by atoms with Gasteiger partial charge in [-0.3, -0.25) is 9.59 Å². The van der Waals surface area contributed by atoms with Gasteiger partial charge in [0, 0.05) is 11.7 Å². The Hall–Kier alpha value is -2.34. The number of anilines is 1. The molecule has 3 aliphatic heterocycles. The zero-order valence-electron chi connectivity index (χ0n) is 14.0. The predicted molar refractivity (Wildman–Crippen MR) is 90.2 cm³/mol. The molecule has 0 unspecified atom stereocenters. The highest BCUT2D eigenvalue weighted by Gasteiger charge is 2.67. The number of rotatable bonds is 4. The zero-order valence-corrected chi connectivity index (χ0v) is 14.0. The number of methoxy groups -OCH3 is 1. The average molecular weight is 340 g/mol. The third-order valence-corrected chi connectivity index (χ3v) is 5.71. The molecule has 1 saturated carbocycles. The van der Waals surface area contributed by atoms with Gasteiger partial charge in [0.2, 0.25) is 11.8 Å². The van der Waals surface area contributed by atoms with Crippen molar-refractivity contribution in [1.82, 2.24) is 5.32 Å². The maximum Gasteiger partial charge on any atom is 0.234 e. The normalized spacial score (nSPS) is 35.2. The summed E-state index contributed by atoms with van der Waals surface area (Å²) in [4.78, 5) is 27.6. The Kier molecular flexibility index (Phi) is 3.04. The van der Waals surface area contributed by atoms with Crippen molar-refractivity contribution < 1.29 is 19.1 Å². The quantitative estimate of drug-likeness (QED) is 0.838. The molecule has 130 valence electrons. The van der Waals surface area contributed by atoms with E-state index in [2.05, 4.69) is 5.32 Å². The van der Waals surface area contributed by atoms with E-state index in [9.17, 15) is 9.59 Å². The number of carbonyl (C=O) groups is 2. The molecular weight excluding hydrogens is 320 g/mol. The molecule has 1 aromatic rings. The van der Waals surface area contributed by atoms with Crippen molar-refractivity contribution >= 4 is 17.5 Å². The smallest absolute Gasteiger partial charge is 0.234 e. The van der Waals surface area contributed by atoms with Crippen molar-refractivity contribution in [3.8, 4) is 5.75 Å². The third-order valence-electron chi connectivity index (χ3n) is 5.71. The summed E-state index contributed by atoms with van der Waals surface area (Å²) in [5, 5.41) is 3.04. The molecule has 1 aliphatic carbocycles. The lowest BCUT2D eigenvalue weighted by Gasteiger charge is -2.23. The number of nitrogens with one attached hydrogen (secondary N) is 1. The van der Waals surface area contributed by atoms with Gasteiger partial charge in [0.25, 0.3) is 0 Å². The molecule has 1 N–H and O–H groups in total. The van der Waals surface area contributed by atoms with Crippen LogP contribution >= 0.6 is 0 Å². The van der Waals surface area contributed by atoms with Crippen LogP contribution in [0.25, 0.3) is 0 Å². The highest BCUT2D eigenvalue weighted by molar-refractivity contribution is 6.03. The summed E-state index contributed by atoms with van der Waals surface area (Å²) in [7, 11) is 1.61. The van der Waals surface area contributed by atoms with Crippen molar-refractivity contribution in [2.24, 2.45) is 11.8 Å². The van der Waals surface area contributed by atoms with Crippen LogP contribution < -0.4 is 15.0 Å². The summed E-state index contributed by atoms with van der Waals surface area (Å²) in [6.45, 7) is 0.447. The summed E-state index contributed by atoms with van der Waals surface area (Å²) in [6.07, 6.45) is 5.69. The summed E-state index contributed by atoms with van der Waals surface area (Å²) in [6, 6.07) is 7.67. The lowest BCUT2D eigenvalue weighted by atomic mass is 9.77. The van der Waals surface area contributed by atoms with Crippen molar-refractivity contribution in [1.29, 1.82) is 0 Å². The van der Waals surface area contributed by atoms with E-state index in [1.165, 1.54) is 0 Å². The van der Waals surface area contributed by atoms with E-state index in [-0.39, 0.29) is 24.0 Å². The first-order valence-electron chi connectivity index (χ1n) is 8.74. The maximum absolute atomic E-state index is 13.1. The Morgan fingerprint density at radius 3 is 2.76 bits per heavy atom. The van der Waals surface area contributed by atoms with Gasteiger partial charge in [0.15, 0.2) is 0 Å². The van der Waals surface area contributed by atoms with Crippen LogP contribution in [0.2, 0.25) is 0 Å². The molecule has 2 amide bonds. The Bertz CT molecular complexity index is 770. The molecule has 2 bridgehead atoms. The summed E-state index contributed by atoms with van der Waals surface area (Å²) >= 11 is 0. The average Bonchev–Trinajstić information content (AvgIpc) is 3.15. The molecule has 1 aromatic carbocycles. The van der Waals surface area contributed by atoms with Crippen LogP contribution in [0, 0.1) is 11.8 Å². The van der Waals surface area contributed by atoms with Gasteiger partial charge in [-0.25, -0.2) is 0 Å². The molecule has 0 radical (unpaired) electrons. The van der Waals surface area contributed by atoms with Crippen LogP contribution in [0.4, 0.5) is 5.69 Å². The van der Waals surface area contributed by atoms with E-state index in [0.29, 0.717) is 6.54 Å². The summed E-state index contributed by atoms with van der Waals surface area (Å²) in [5.41, 5.74) is 0.129. The minimum absolute atomic E-state index is 0.0343. The lowest BCUT2D eigenvalue weighted by Crippen LogP contribution is -2.44. The number of fused-ring (bicyclic) bond motifs is 1. The molecule has 6 heteroatoms. The van der Waals surface area contributed by atoms with Crippen LogP contribution in [-0.4, -0.2) is 43.2 Å². The number of carbonyl (C=O) groups excluding carboxylic acids is 2. The standard InChI is InChI=1S/C19H20N2O4/c1-24-13-6-4-12(5-7-13)21-10-19-9-8-14(25-19)15(16(19)18(21)23)17(22)20-11-2-3-11/h4-9,11,14-16H,2-3,10H2,1H3,(H,20,22)/t14-,15+,16+,19+/m0/s1. The number of hydrogen-bond donors (Lipinski definition) is 1. The first kappa shape index (κ1) is 15.0. The molecule has 2 saturated heterocycles. The van der Waals surface area contributed by atoms with Crippen molar-refractivity contribution in [3.05, 3.63) is 36.4 Å². The van der Waals surface area contributed by atoms with Crippen LogP contribution in [0.5, 0.6) is 5.75 Å². The molecule has 3 heterocycles. The Balaban J connectivity index is 1.44. The number of benzene rings is 1. The van der Waals surface area contributed by atoms with Gasteiger partial charge in [-0.05, 0) is 37.1 Å². The molecular formula is C19H20N2O4. The topological polar surface area (TPSA) is 67.9 Å². The molecule has 3 fully saturated rings. The van der Waals surface area contributed by atoms with Gasteiger partial charge >= 0.3 is 0 Å². The predicted octanol–water partition coefficient (Wildman–Crippen LogP) is 1.26. The van der Waals surface area contributed by atoms with E-state index < -0.39 is 17.4 Å². The second-order valence-electron chi connectivity index (χ2n) is 7.31. The summed E-state index contributed by atoms with van der Waals surface area (Å²) < 4.78 is 11.3. The molecule has 1 spiro atoms. The minimum atomic E-state index is -0.673. The van der Waals surface area contributed by atoms with Gasteiger partial charge in [-0.15, -0.1) is 0 Å². The number of nitrogens with zero attached hydrogens (tertiary/aromatic N) is 1. The fraction of sp³-hybridized carbons (Fsp3) is 0.474. The molecule has 25 heavy (non-hydrogen) atoms. The van der Waals surface area contributed by atoms with Gasteiger partial charge in [0.05, 0.1) is 31.6 Å². The van der Waals surface area contributed by atoms with E-state index in [0.717, 1.165) is 24.3 Å². The van der Waals surface area contributed by atoms with E-state index in [1.807, 2.05) is 36.4 Å². The van der Waals surface area contributed by atoms with E-state index in [1.54, 1.807) is 12.0 Å². The van der Waals surface area contributed by atoms with Crippen molar-refractivity contribution in [2.75, 3.05) is 18.6 Å². The number of hydrogen-bond acceptors (Lipinski definition) is 4. The van der Waals surface area contributed by atoms with Gasteiger partial charge in [-0.2, -0.15) is 0 Å². The number of amides is 2. The second-order valence-corrected chi connectivity index (χ2v) is 7.31. The Morgan fingerprint density at radius 2 is 2.08 bits per heavy atom.